The summed E-state index contributed by atoms with van der Waals surface area (Å²) in [5.41, 5.74) is 2.03. The Hall–Kier alpha value is -2.46. The number of likely N-dealkylation sites (tertiary alicyclic amines) is 1. The van der Waals surface area contributed by atoms with Gasteiger partial charge in [-0.15, -0.1) is 0 Å². The molecule has 0 amide bonds. The van der Waals surface area contributed by atoms with Gasteiger partial charge in [0.25, 0.3) is 0 Å². The molecule has 0 radical (unpaired) electrons. The average molecular weight is 595 g/mol. The zero-order valence-electron chi connectivity index (χ0n) is 24.8. The van der Waals surface area contributed by atoms with Crippen molar-refractivity contribution in [2.75, 3.05) is 13.1 Å². The molecule has 1 spiro atoms. The largest absolute Gasteiger partial charge is 0.483 e. The van der Waals surface area contributed by atoms with Gasteiger partial charge in [-0.1, -0.05) is 44.2 Å². The molecule has 5 atom stereocenters. The molecule has 2 N–H and O–H groups in total. The van der Waals surface area contributed by atoms with Gasteiger partial charge in [-0.2, -0.15) is 0 Å². The van der Waals surface area contributed by atoms with Gasteiger partial charge in [-0.25, -0.2) is 13.1 Å². The molecular weight excluding hydrogens is 552 g/mol. The van der Waals surface area contributed by atoms with E-state index in [4.69, 9.17) is 9.47 Å². The summed E-state index contributed by atoms with van der Waals surface area (Å²) in [6, 6.07) is 11.0. The Morgan fingerprint density at radius 1 is 1.14 bits per heavy atom. The van der Waals surface area contributed by atoms with Crippen LogP contribution < -0.4 is 14.2 Å². The summed E-state index contributed by atoms with van der Waals surface area (Å²) in [7, 11) is -3.73. The molecule has 2 bridgehead atoms. The third kappa shape index (κ3) is 4.50. The number of aliphatic hydroxyl groups is 1. The van der Waals surface area contributed by atoms with Crippen LogP contribution in [0, 0.1) is 11.8 Å². The molecule has 0 unspecified atom stereocenters. The van der Waals surface area contributed by atoms with Crippen LogP contribution in [0.2, 0.25) is 0 Å². The van der Waals surface area contributed by atoms with Gasteiger partial charge >= 0.3 is 5.97 Å². The Bertz CT molecular complexity index is 1520. The summed E-state index contributed by atoms with van der Waals surface area (Å²) in [6.45, 7) is 7.44. The van der Waals surface area contributed by atoms with Crippen molar-refractivity contribution in [1.29, 1.82) is 0 Å². The van der Waals surface area contributed by atoms with Crippen LogP contribution in [-0.2, 0) is 38.8 Å². The number of hydrogen-bond donors (Lipinski definition) is 2. The minimum Gasteiger partial charge on any atom is -0.483 e. The molecule has 8 nitrogen and oxygen atoms in total. The van der Waals surface area contributed by atoms with E-state index in [1.54, 1.807) is 6.07 Å². The molecule has 5 aliphatic rings. The van der Waals surface area contributed by atoms with Crippen molar-refractivity contribution in [2.24, 2.45) is 11.8 Å². The van der Waals surface area contributed by atoms with Gasteiger partial charge in [0.05, 0.1) is 22.8 Å². The summed E-state index contributed by atoms with van der Waals surface area (Å²) in [4.78, 5) is 14.5. The molecule has 42 heavy (non-hydrogen) atoms. The summed E-state index contributed by atoms with van der Waals surface area (Å²) in [5.74, 6) is 1.40. The molecule has 7 rings (SSSR count). The smallest absolute Gasteiger partial charge is 0.308 e. The zero-order chi connectivity index (χ0) is 29.4. The lowest BCUT2D eigenvalue weighted by Gasteiger charge is -2.64. The van der Waals surface area contributed by atoms with E-state index in [0.717, 1.165) is 41.8 Å². The normalized spacial score (nSPS) is 31.5. The van der Waals surface area contributed by atoms with E-state index in [9.17, 15) is 18.3 Å². The predicted octanol–water partition coefficient (Wildman–Crippen LogP) is 3.86. The molecular formula is C33H42N2O6S. The maximum absolute atomic E-state index is 13.8. The van der Waals surface area contributed by atoms with Crippen molar-refractivity contribution in [3.05, 3.63) is 58.7 Å². The van der Waals surface area contributed by atoms with E-state index in [0.29, 0.717) is 49.0 Å². The van der Waals surface area contributed by atoms with Crippen molar-refractivity contribution in [1.82, 2.24) is 9.62 Å². The maximum Gasteiger partial charge on any atom is 0.308 e. The first-order valence-corrected chi connectivity index (χ1v) is 17.2. The fourth-order valence-corrected chi connectivity index (χ4v) is 10.1. The molecule has 2 heterocycles. The Morgan fingerprint density at radius 2 is 1.90 bits per heavy atom. The molecule has 2 saturated carbocycles. The average Bonchev–Trinajstić information content (AvgIpc) is 3.65. The minimum absolute atomic E-state index is 0.0588. The van der Waals surface area contributed by atoms with Crippen molar-refractivity contribution in [3.63, 3.8) is 0 Å². The Kier molecular flexibility index (Phi) is 6.77. The van der Waals surface area contributed by atoms with Crippen LogP contribution in [0.15, 0.2) is 36.4 Å². The third-order valence-electron chi connectivity index (χ3n) is 10.4. The highest BCUT2D eigenvalue weighted by atomic mass is 32.2. The number of sulfonamides is 1. The number of carbonyl (C=O) groups excluding carboxylic acids is 1. The molecule has 3 fully saturated rings. The van der Waals surface area contributed by atoms with Gasteiger partial charge in [0.1, 0.15) is 6.10 Å². The van der Waals surface area contributed by atoms with Crippen molar-refractivity contribution in [2.45, 2.75) is 101 Å². The molecule has 9 heteroatoms. The van der Waals surface area contributed by atoms with E-state index >= 15 is 0 Å². The first kappa shape index (κ1) is 28.3. The number of ether oxygens (including phenoxy) is 2. The Balaban J connectivity index is 1.25. The van der Waals surface area contributed by atoms with Crippen LogP contribution in [0.25, 0.3) is 0 Å². The van der Waals surface area contributed by atoms with Gasteiger partial charge in [-0.05, 0) is 86.1 Å². The van der Waals surface area contributed by atoms with Crippen LogP contribution in [-0.4, -0.2) is 61.3 Å². The predicted molar refractivity (Wildman–Crippen MR) is 159 cm³/mol. The fraction of sp³-hybridized carbons (Fsp3) is 0.606. The molecule has 2 aliphatic heterocycles. The number of esters is 1. The van der Waals surface area contributed by atoms with Crippen LogP contribution >= 0.6 is 0 Å². The third-order valence-corrected chi connectivity index (χ3v) is 11.8. The number of nitrogens with one attached hydrogen (secondary N) is 1. The lowest BCUT2D eigenvalue weighted by Crippen LogP contribution is -2.78. The number of benzene rings is 2. The molecule has 2 aromatic rings. The number of rotatable bonds is 9. The van der Waals surface area contributed by atoms with Crippen LogP contribution in [0.1, 0.15) is 75.1 Å². The highest BCUT2D eigenvalue weighted by Crippen LogP contribution is 2.65. The molecule has 0 aromatic heterocycles. The van der Waals surface area contributed by atoms with E-state index in [2.05, 4.69) is 23.5 Å². The van der Waals surface area contributed by atoms with Gasteiger partial charge in [0.15, 0.2) is 11.5 Å². The van der Waals surface area contributed by atoms with Gasteiger partial charge in [0.2, 0.25) is 10.0 Å². The molecule has 226 valence electrons. The summed E-state index contributed by atoms with van der Waals surface area (Å²) in [5, 5.41) is 12.8. The summed E-state index contributed by atoms with van der Waals surface area (Å²) < 4.78 is 42.9. The number of piperidine rings is 1. The lowest BCUT2D eigenvalue weighted by atomic mass is 9.48. The molecule has 2 aromatic carbocycles. The number of hydrogen-bond acceptors (Lipinski definition) is 7. The van der Waals surface area contributed by atoms with Crippen LogP contribution in [0.5, 0.6) is 11.5 Å². The standard InChI is InChI=1S/C33H42N2O6S/c1-20(2)16-23-6-4-5-7-25(23)19-42(38,39)34-26-12-13-33(37)28-17-24-10-11-27(40-21(3)36)30-29(24)32(33,31(26)41-30)14-15-35(28)18-22-8-9-22/h4-7,10-11,20,22,26,28,31,34,37H,8-9,12-19H2,1-3H3/t26-,28+,31-,32-,33+/m0/s1. The summed E-state index contributed by atoms with van der Waals surface area (Å²) >= 11 is 0. The maximum atomic E-state index is 13.8. The van der Waals surface area contributed by atoms with E-state index in [1.807, 2.05) is 30.3 Å². The highest BCUT2D eigenvalue weighted by molar-refractivity contribution is 7.88. The second-order valence-electron chi connectivity index (χ2n) is 13.8. The second-order valence-corrected chi connectivity index (χ2v) is 15.5. The minimum atomic E-state index is -3.73. The lowest BCUT2D eigenvalue weighted by molar-refractivity contribution is -0.190. The first-order chi connectivity index (χ1) is 20.0. The van der Waals surface area contributed by atoms with Gasteiger partial charge in [0, 0.05) is 25.1 Å². The number of carbonyl (C=O) groups is 1. The topological polar surface area (TPSA) is 105 Å². The van der Waals surface area contributed by atoms with E-state index < -0.39 is 39.2 Å². The quantitative estimate of drug-likeness (QED) is 0.336. The Morgan fingerprint density at radius 3 is 2.62 bits per heavy atom. The van der Waals surface area contributed by atoms with Crippen molar-refractivity contribution in [3.8, 4) is 11.5 Å². The van der Waals surface area contributed by atoms with Gasteiger partial charge in [-0.3, -0.25) is 9.69 Å². The van der Waals surface area contributed by atoms with Crippen molar-refractivity contribution >= 4 is 16.0 Å². The SMILES string of the molecule is CC(=O)Oc1ccc2c3c1O[C@H]1[C@@H](NS(=O)(=O)Cc4ccccc4CC(C)C)CC[C@@]4(O)[C@@H](C2)N(CC2CC2)CC[C@]314. The van der Waals surface area contributed by atoms with E-state index in [-0.39, 0.29) is 11.8 Å². The monoisotopic (exact) mass is 594 g/mol. The van der Waals surface area contributed by atoms with Crippen molar-refractivity contribution < 1.29 is 27.8 Å². The van der Waals surface area contributed by atoms with Crippen LogP contribution in [0.3, 0.4) is 0 Å². The highest BCUT2D eigenvalue weighted by Gasteiger charge is 2.73. The molecule has 3 aliphatic carbocycles. The van der Waals surface area contributed by atoms with E-state index in [1.165, 1.54) is 19.8 Å². The number of nitrogens with zero attached hydrogens (tertiary/aromatic N) is 1. The first-order valence-electron chi connectivity index (χ1n) is 15.6. The summed E-state index contributed by atoms with van der Waals surface area (Å²) in [6.07, 6.45) is 5.01. The molecule has 1 saturated heterocycles. The fourth-order valence-electron chi connectivity index (χ4n) is 8.64. The zero-order valence-corrected chi connectivity index (χ0v) is 25.6. The Labute approximate surface area is 248 Å². The van der Waals surface area contributed by atoms with Crippen LogP contribution in [0.4, 0.5) is 0 Å². The second kappa shape index (κ2) is 10.0. The van der Waals surface area contributed by atoms with Gasteiger partial charge < -0.3 is 14.6 Å².